The number of carbonyl (C=O) groups is 1. The zero-order valence-electron chi connectivity index (χ0n) is 10.4. The highest BCUT2D eigenvalue weighted by molar-refractivity contribution is 7.99. The summed E-state index contributed by atoms with van der Waals surface area (Å²) in [5.41, 5.74) is -0.0547. The quantitative estimate of drug-likeness (QED) is 0.487. The summed E-state index contributed by atoms with van der Waals surface area (Å²) in [6, 6.07) is 4.49. The first kappa shape index (κ1) is 13.3. The van der Waals surface area contributed by atoms with Crippen molar-refractivity contribution >= 4 is 23.2 Å². The van der Waals surface area contributed by atoms with Crippen LogP contribution in [-0.4, -0.2) is 20.3 Å². The second-order valence-electron chi connectivity index (χ2n) is 3.92. The van der Waals surface area contributed by atoms with Crippen molar-refractivity contribution in [2.45, 2.75) is 17.0 Å². The van der Waals surface area contributed by atoms with Crippen LogP contribution in [0.4, 0.5) is 5.69 Å². The minimum atomic E-state index is -0.550. The van der Waals surface area contributed by atoms with E-state index in [4.69, 9.17) is 0 Å². The van der Waals surface area contributed by atoms with Crippen molar-refractivity contribution in [2.24, 2.45) is 7.05 Å². The molecule has 1 aromatic carbocycles. The molecule has 2 rings (SSSR count). The summed E-state index contributed by atoms with van der Waals surface area (Å²) in [5, 5.41) is 11.6. The molecule has 0 bridgehead atoms. The molecule has 0 aliphatic rings. The molecular weight excluding hydrogens is 266 g/mol. The van der Waals surface area contributed by atoms with Gasteiger partial charge in [0.2, 0.25) is 0 Å². The number of Topliss-reactive ketones (excluding diaryl/α,β-unsaturated/α-hetero) is 1. The molecule has 0 amide bonds. The molecule has 1 heterocycles. The van der Waals surface area contributed by atoms with E-state index in [0.717, 1.165) is 10.1 Å². The maximum atomic E-state index is 11.5. The van der Waals surface area contributed by atoms with Gasteiger partial charge in [-0.25, -0.2) is 4.98 Å². The summed E-state index contributed by atoms with van der Waals surface area (Å²) in [7, 11) is 1.85. The van der Waals surface area contributed by atoms with Gasteiger partial charge in [-0.15, -0.1) is 0 Å². The largest absolute Gasteiger partial charge is 0.329 e. The molecule has 0 N–H and O–H groups in total. The number of nitro benzene ring substituents is 1. The molecule has 0 unspecified atom stereocenters. The lowest BCUT2D eigenvalue weighted by molar-refractivity contribution is -0.385. The Kier molecular flexibility index (Phi) is 3.66. The van der Waals surface area contributed by atoms with Gasteiger partial charge in [0, 0.05) is 30.4 Å². The number of imidazole rings is 1. The van der Waals surface area contributed by atoms with Crippen LogP contribution in [0.2, 0.25) is 0 Å². The lowest BCUT2D eigenvalue weighted by Gasteiger charge is -2.04. The van der Waals surface area contributed by atoms with Crippen molar-refractivity contribution < 1.29 is 9.72 Å². The van der Waals surface area contributed by atoms with Crippen LogP contribution >= 0.6 is 11.8 Å². The highest BCUT2D eigenvalue weighted by Crippen LogP contribution is 2.30. The Morgan fingerprint density at radius 2 is 2.21 bits per heavy atom. The molecule has 0 saturated heterocycles. The summed E-state index contributed by atoms with van der Waals surface area (Å²) in [5.74, 6) is -0.325. The van der Waals surface area contributed by atoms with Gasteiger partial charge in [0.1, 0.15) is 0 Å². The van der Waals surface area contributed by atoms with E-state index in [9.17, 15) is 14.9 Å². The molecule has 1 aromatic heterocycles. The average molecular weight is 277 g/mol. The standard InChI is InChI=1S/C12H11N3O3S/c1-8(16)10-7-9(3-4-11(10)15(17)18)19-12-13-5-6-14(12)2/h3-7H,1-2H3. The van der Waals surface area contributed by atoms with Crippen molar-refractivity contribution in [2.75, 3.05) is 0 Å². The zero-order chi connectivity index (χ0) is 14.0. The van der Waals surface area contributed by atoms with E-state index >= 15 is 0 Å². The Hall–Kier alpha value is -2.15. The molecule has 0 aliphatic heterocycles. The molecule has 0 radical (unpaired) electrons. The molecule has 19 heavy (non-hydrogen) atoms. The van der Waals surface area contributed by atoms with Crippen molar-refractivity contribution in [1.29, 1.82) is 0 Å². The topological polar surface area (TPSA) is 78.0 Å². The fourth-order valence-corrected chi connectivity index (χ4v) is 2.42. The van der Waals surface area contributed by atoms with Gasteiger partial charge in [-0.1, -0.05) is 11.8 Å². The highest BCUT2D eigenvalue weighted by atomic mass is 32.2. The van der Waals surface area contributed by atoms with E-state index in [1.165, 1.54) is 30.8 Å². The lowest BCUT2D eigenvalue weighted by atomic mass is 10.1. The Morgan fingerprint density at radius 1 is 1.47 bits per heavy atom. The van der Waals surface area contributed by atoms with Crippen molar-refractivity contribution in [3.05, 3.63) is 46.3 Å². The summed E-state index contributed by atoms with van der Waals surface area (Å²) in [4.78, 5) is 26.6. The number of aryl methyl sites for hydroxylation is 1. The van der Waals surface area contributed by atoms with E-state index in [-0.39, 0.29) is 17.0 Å². The number of nitrogens with zero attached hydrogens (tertiary/aromatic N) is 3. The molecule has 0 saturated carbocycles. The van der Waals surface area contributed by atoms with Gasteiger partial charge in [-0.3, -0.25) is 14.9 Å². The van der Waals surface area contributed by atoms with E-state index in [2.05, 4.69) is 4.98 Å². The minimum absolute atomic E-state index is 0.115. The third-order valence-corrected chi connectivity index (χ3v) is 3.60. The van der Waals surface area contributed by atoms with Crippen molar-refractivity contribution in [1.82, 2.24) is 9.55 Å². The Morgan fingerprint density at radius 3 is 2.74 bits per heavy atom. The fourth-order valence-electron chi connectivity index (χ4n) is 1.58. The fraction of sp³-hybridized carbons (Fsp3) is 0.167. The number of ketones is 1. The molecular formula is C12H11N3O3S. The lowest BCUT2D eigenvalue weighted by Crippen LogP contribution is -2.00. The second kappa shape index (κ2) is 5.23. The van der Waals surface area contributed by atoms with Gasteiger partial charge in [0.25, 0.3) is 5.69 Å². The van der Waals surface area contributed by atoms with E-state index in [1.807, 2.05) is 11.6 Å². The van der Waals surface area contributed by atoms with Crippen LogP contribution in [0.1, 0.15) is 17.3 Å². The van der Waals surface area contributed by atoms with E-state index in [0.29, 0.717) is 0 Å². The number of hydrogen-bond acceptors (Lipinski definition) is 5. The van der Waals surface area contributed by atoms with Gasteiger partial charge in [-0.05, 0) is 19.1 Å². The van der Waals surface area contributed by atoms with Crippen LogP contribution in [-0.2, 0) is 7.05 Å². The number of nitro groups is 1. The van der Waals surface area contributed by atoms with Gasteiger partial charge in [-0.2, -0.15) is 0 Å². The van der Waals surface area contributed by atoms with Gasteiger partial charge in [0.15, 0.2) is 10.9 Å². The molecule has 98 valence electrons. The molecule has 7 heteroatoms. The van der Waals surface area contributed by atoms with Gasteiger partial charge >= 0.3 is 0 Å². The Labute approximate surface area is 113 Å². The summed E-state index contributed by atoms with van der Waals surface area (Å²) in [6.07, 6.45) is 3.47. The first-order valence-electron chi connectivity index (χ1n) is 5.43. The average Bonchev–Trinajstić information content (AvgIpc) is 2.74. The van der Waals surface area contributed by atoms with E-state index in [1.54, 1.807) is 18.5 Å². The zero-order valence-corrected chi connectivity index (χ0v) is 11.2. The highest BCUT2D eigenvalue weighted by Gasteiger charge is 2.18. The Bertz CT molecular complexity index is 651. The van der Waals surface area contributed by atoms with Crippen molar-refractivity contribution in [3.8, 4) is 0 Å². The third kappa shape index (κ3) is 2.82. The molecule has 0 spiro atoms. The van der Waals surface area contributed by atoms with Crippen LogP contribution in [0.25, 0.3) is 0 Å². The summed E-state index contributed by atoms with van der Waals surface area (Å²) < 4.78 is 1.83. The molecule has 0 atom stereocenters. The predicted molar refractivity (Wildman–Crippen MR) is 70.4 cm³/mol. The first-order chi connectivity index (χ1) is 8.99. The normalized spacial score (nSPS) is 10.4. The van der Waals surface area contributed by atoms with Crippen LogP contribution in [0.3, 0.4) is 0 Å². The monoisotopic (exact) mass is 277 g/mol. The molecule has 2 aromatic rings. The number of hydrogen-bond donors (Lipinski definition) is 0. The van der Waals surface area contributed by atoms with E-state index < -0.39 is 4.92 Å². The minimum Gasteiger partial charge on any atom is -0.329 e. The number of aromatic nitrogens is 2. The maximum Gasteiger partial charge on any atom is 0.280 e. The molecule has 0 aliphatic carbocycles. The summed E-state index contributed by atoms with van der Waals surface area (Å²) >= 11 is 1.35. The predicted octanol–water partition coefficient (Wildman–Crippen LogP) is 2.68. The van der Waals surface area contributed by atoms with Crippen LogP contribution in [0.5, 0.6) is 0 Å². The smallest absolute Gasteiger partial charge is 0.280 e. The van der Waals surface area contributed by atoms with Gasteiger partial charge < -0.3 is 4.57 Å². The second-order valence-corrected chi connectivity index (χ2v) is 4.96. The number of carbonyl (C=O) groups excluding carboxylic acids is 1. The number of benzene rings is 1. The third-order valence-electron chi connectivity index (χ3n) is 2.53. The van der Waals surface area contributed by atoms with Crippen molar-refractivity contribution in [3.63, 3.8) is 0 Å². The van der Waals surface area contributed by atoms with Crippen LogP contribution in [0, 0.1) is 10.1 Å². The Balaban J connectivity index is 2.39. The maximum absolute atomic E-state index is 11.5. The molecule has 6 nitrogen and oxygen atoms in total. The molecule has 0 fully saturated rings. The van der Waals surface area contributed by atoms with Crippen LogP contribution < -0.4 is 0 Å². The SMILES string of the molecule is CC(=O)c1cc(Sc2nccn2C)ccc1[N+](=O)[O-]. The van der Waals surface area contributed by atoms with Gasteiger partial charge in [0.05, 0.1) is 10.5 Å². The van der Waals surface area contributed by atoms with Crippen LogP contribution in [0.15, 0.2) is 40.6 Å². The summed E-state index contributed by atoms with van der Waals surface area (Å²) in [6.45, 7) is 1.32. The number of rotatable bonds is 4. The first-order valence-corrected chi connectivity index (χ1v) is 6.25.